The van der Waals surface area contributed by atoms with E-state index in [9.17, 15) is 0 Å². The Morgan fingerprint density at radius 1 is 1.17 bits per heavy atom. The molecule has 24 heavy (non-hydrogen) atoms. The van der Waals surface area contributed by atoms with E-state index in [2.05, 4.69) is 60.0 Å². The van der Waals surface area contributed by atoms with E-state index in [1.165, 1.54) is 38.9 Å². The second-order valence-electron chi connectivity index (χ2n) is 7.54. The van der Waals surface area contributed by atoms with Crippen LogP contribution in [0.5, 0.6) is 0 Å². The van der Waals surface area contributed by atoms with E-state index in [0.29, 0.717) is 18.1 Å². The molecule has 1 heterocycles. The highest BCUT2D eigenvalue weighted by atomic mass is 15.2. The Morgan fingerprint density at radius 2 is 1.79 bits per heavy atom. The lowest BCUT2D eigenvalue weighted by molar-refractivity contribution is 0.173. The summed E-state index contributed by atoms with van der Waals surface area (Å²) in [6, 6.07) is 1.78. The molecule has 1 aliphatic heterocycles. The van der Waals surface area contributed by atoms with E-state index in [1.807, 2.05) is 7.05 Å². The van der Waals surface area contributed by atoms with Gasteiger partial charge in [-0.2, -0.15) is 0 Å². The molecular formula is C19H41N5. The van der Waals surface area contributed by atoms with E-state index < -0.39 is 0 Å². The van der Waals surface area contributed by atoms with Crippen molar-refractivity contribution in [3.8, 4) is 0 Å². The van der Waals surface area contributed by atoms with Crippen molar-refractivity contribution in [1.29, 1.82) is 0 Å². The zero-order valence-corrected chi connectivity index (χ0v) is 16.9. The molecule has 1 saturated heterocycles. The molecule has 0 atom stereocenters. The molecule has 1 rings (SSSR count). The van der Waals surface area contributed by atoms with Crippen LogP contribution in [-0.4, -0.2) is 73.7 Å². The molecule has 0 spiro atoms. The highest BCUT2D eigenvalue weighted by Gasteiger charge is 2.19. The first-order chi connectivity index (χ1) is 11.5. The van der Waals surface area contributed by atoms with Gasteiger partial charge in [0.05, 0.1) is 0 Å². The van der Waals surface area contributed by atoms with Gasteiger partial charge in [-0.15, -0.1) is 0 Å². The normalized spacial score (nSPS) is 18.0. The van der Waals surface area contributed by atoms with Gasteiger partial charge in [0.2, 0.25) is 0 Å². The van der Waals surface area contributed by atoms with Crippen molar-refractivity contribution in [3.63, 3.8) is 0 Å². The lowest BCUT2D eigenvalue weighted by Crippen LogP contribution is -2.49. The molecule has 0 unspecified atom stereocenters. The largest absolute Gasteiger partial charge is 0.356 e. The maximum atomic E-state index is 4.39. The summed E-state index contributed by atoms with van der Waals surface area (Å²) in [5, 5.41) is 7.09. The first kappa shape index (κ1) is 21.2. The first-order valence-electron chi connectivity index (χ1n) is 9.93. The zero-order valence-electron chi connectivity index (χ0n) is 16.9. The van der Waals surface area contributed by atoms with Gasteiger partial charge in [0, 0.05) is 51.4 Å². The zero-order chi connectivity index (χ0) is 17.9. The van der Waals surface area contributed by atoms with Crippen molar-refractivity contribution >= 4 is 5.96 Å². The van der Waals surface area contributed by atoms with E-state index in [1.54, 1.807) is 0 Å². The topological polar surface area (TPSA) is 42.9 Å². The molecule has 0 aromatic carbocycles. The minimum absolute atomic E-state index is 0.562. The number of hydrogen-bond acceptors (Lipinski definition) is 3. The number of hydrogen-bond donors (Lipinski definition) is 2. The van der Waals surface area contributed by atoms with Gasteiger partial charge in [0.25, 0.3) is 0 Å². The van der Waals surface area contributed by atoms with Crippen LogP contribution in [0.3, 0.4) is 0 Å². The smallest absolute Gasteiger partial charge is 0.191 e. The van der Waals surface area contributed by atoms with Crippen molar-refractivity contribution in [2.45, 2.75) is 78.4 Å². The fourth-order valence-electron chi connectivity index (χ4n) is 3.59. The van der Waals surface area contributed by atoms with Crippen LogP contribution in [0.1, 0.15) is 60.3 Å². The molecule has 1 fully saturated rings. The standard InChI is InChI=1S/C19H41N5/c1-7-12-23-14-9-18(10-15-23)22-19(20-6)21-11-8-13-24(16(2)3)17(4)5/h16-18H,7-15H2,1-6H3,(H2,20,21,22). The molecule has 5 nitrogen and oxygen atoms in total. The minimum Gasteiger partial charge on any atom is -0.356 e. The van der Waals surface area contributed by atoms with Gasteiger partial charge in [-0.3, -0.25) is 9.89 Å². The molecule has 142 valence electrons. The second kappa shape index (κ2) is 11.7. The number of nitrogens with one attached hydrogen (secondary N) is 2. The summed E-state index contributed by atoms with van der Waals surface area (Å²) >= 11 is 0. The monoisotopic (exact) mass is 339 g/mol. The lowest BCUT2D eigenvalue weighted by Gasteiger charge is -2.33. The number of aliphatic imine (C=N–C) groups is 1. The van der Waals surface area contributed by atoms with Gasteiger partial charge < -0.3 is 15.5 Å². The molecule has 2 N–H and O–H groups in total. The van der Waals surface area contributed by atoms with Crippen molar-refractivity contribution in [3.05, 3.63) is 0 Å². The summed E-state index contributed by atoms with van der Waals surface area (Å²) in [5.41, 5.74) is 0. The summed E-state index contributed by atoms with van der Waals surface area (Å²) in [4.78, 5) is 9.50. The van der Waals surface area contributed by atoms with Crippen LogP contribution in [0.15, 0.2) is 4.99 Å². The van der Waals surface area contributed by atoms with Crippen molar-refractivity contribution < 1.29 is 0 Å². The predicted octanol–water partition coefficient (Wildman–Crippen LogP) is 2.53. The maximum absolute atomic E-state index is 4.39. The highest BCUT2D eigenvalue weighted by Crippen LogP contribution is 2.10. The van der Waals surface area contributed by atoms with E-state index in [4.69, 9.17) is 0 Å². The number of piperidine rings is 1. The van der Waals surface area contributed by atoms with Crippen LogP contribution in [0.4, 0.5) is 0 Å². The predicted molar refractivity (Wildman–Crippen MR) is 106 cm³/mol. The van der Waals surface area contributed by atoms with E-state index in [-0.39, 0.29) is 0 Å². The average molecular weight is 340 g/mol. The van der Waals surface area contributed by atoms with Gasteiger partial charge >= 0.3 is 0 Å². The molecule has 0 saturated carbocycles. The molecule has 0 aliphatic carbocycles. The number of nitrogens with zero attached hydrogens (tertiary/aromatic N) is 3. The molecule has 0 aromatic heterocycles. The molecule has 0 aromatic rings. The number of guanidine groups is 1. The molecule has 0 amide bonds. The first-order valence-corrected chi connectivity index (χ1v) is 9.93. The highest BCUT2D eigenvalue weighted by molar-refractivity contribution is 5.79. The van der Waals surface area contributed by atoms with Gasteiger partial charge in [0.15, 0.2) is 5.96 Å². The minimum atomic E-state index is 0.562. The molecular weight excluding hydrogens is 298 g/mol. The van der Waals surface area contributed by atoms with Gasteiger partial charge in [-0.1, -0.05) is 6.92 Å². The Balaban J connectivity index is 2.24. The van der Waals surface area contributed by atoms with Crippen LogP contribution < -0.4 is 10.6 Å². The summed E-state index contributed by atoms with van der Waals surface area (Å²) in [5.74, 6) is 0.963. The fourth-order valence-corrected chi connectivity index (χ4v) is 3.59. The van der Waals surface area contributed by atoms with Crippen LogP contribution in [0.2, 0.25) is 0 Å². The Morgan fingerprint density at radius 3 is 2.29 bits per heavy atom. The van der Waals surface area contributed by atoms with Crippen molar-refractivity contribution in [1.82, 2.24) is 20.4 Å². The van der Waals surface area contributed by atoms with Crippen LogP contribution in [0, 0.1) is 0 Å². The Kier molecular flexibility index (Phi) is 10.3. The van der Waals surface area contributed by atoms with Gasteiger partial charge in [-0.05, 0) is 59.9 Å². The second-order valence-corrected chi connectivity index (χ2v) is 7.54. The maximum Gasteiger partial charge on any atom is 0.191 e. The summed E-state index contributed by atoms with van der Waals surface area (Å²) in [6.45, 7) is 17.1. The Hall–Kier alpha value is -0.810. The summed E-state index contributed by atoms with van der Waals surface area (Å²) < 4.78 is 0. The number of rotatable bonds is 9. The quantitative estimate of drug-likeness (QED) is 0.385. The third-order valence-corrected chi connectivity index (χ3v) is 4.90. The van der Waals surface area contributed by atoms with Gasteiger partial charge in [0.1, 0.15) is 0 Å². The lowest BCUT2D eigenvalue weighted by atomic mass is 10.1. The fraction of sp³-hybridized carbons (Fsp3) is 0.947. The Labute approximate surface area is 150 Å². The van der Waals surface area contributed by atoms with E-state index >= 15 is 0 Å². The summed E-state index contributed by atoms with van der Waals surface area (Å²) in [6.07, 6.45) is 4.83. The third-order valence-electron chi connectivity index (χ3n) is 4.90. The molecule has 0 radical (unpaired) electrons. The summed E-state index contributed by atoms with van der Waals surface area (Å²) in [7, 11) is 1.87. The van der Waals surface area contributed by atoms with Crippen molar-refractivity contribution in [2.24, 2.45) is 4.99 Å². The van der Waals surface area contributed by atoms with Crippen molar-refractivity contribution in [2.75, 3.05) is 39.8 Å². The molecule has 0 bridgehead atoms. The van der Waals surface area contributed by atoms with Crippen LogP contribution >= 0.6 is 0 Å². The Bertz CT molecular complexity index is 338. The van der Waals surface area contributed by atoms with Gasteiger partial charge in [-0.25, -0.2) is 0 Å². The van der Waals surface area contributed by atoms with Crippen LogP contribution in [-0.2, 0) is 0 Å². The third kappa shape index (κ3) is 7.84. The average Bonchev–Trinajstić information content (AvgIpc) is 2.54. The molecule has 5 heteroatoms. The van der Waals surface area contributed by atoms with E-state index in [0.717, 1.165) is 25.5 Å². The van der Waals surface area contributed by atoms with Crippen LogP contribution in [0.25, 0.3) is 0 Å². The SMILES string of the molecule is CCCN1CCC(NC(=NC)NCCCN(C(C)C)C(C)C)CC1. The molecule has 1 aliphatic rings. The number of likely N-dealkylation sites (tertiary alicyclic amines) is 1.